The molecule has 1 aliphatic rings. The molecular formula is C8H18NOPS. The Hall–Kier alpha value is 0.700. The van der Waals surface area contributed by atoms with E-state index in [9.17, 15) is 0 Å². The van der Waals surface area contributed by atoms with Gasteiger partial charge in [0.2, 0.25) is 0 Å². The predicted molar refractivity (Wildman–Crippen MR) is 57.4 cm³/mol. The van der Waals surface area contributed by atoms with Gasteiger partial charge in [0.15, 0.2) is 7.50 Å². The molecule has 0 bridgehead atoms. The topological polar surface area (TPSA) is 12.5 Å². The Morgan fingerprint density at radius 2 is 1.83 bits per heavy atom. The highest BCUT2D eigenvalue weighted by atomic mass is 32.7. The Labute approximate surface area is 80.7 Å². The third-order valence-corrected chi connectivity index (χ3v) is 6.10. The van der Waals surface area contributed by atoms with Gasteiger partial charge in [-0.2, -0.15) is 0 Å². The maximum Gasteiger partial charge on any atom is 0.169 e. The SMILES string of the molecule is CC(C)N(C(C)C)P1OCCS1. The van der Waals surface area contributed by atoms with Gasteiger partial charge in [-0.25, -0.2) is 4.67 Å². The minimum absolute atomic E-state index is 0.337. The van der Waals surface area contributed by atoms with E-state index in [1.807, 2.05) is 11.4 Å². The molecule has 1 fully saturated rings. The largest absolute Gasteiger partial charge is 0.334 e. The maximum absolute atomic E-state index is 5.69. The number of hydrogen-bond acceptors (Lipinski definition) is 3. The lowest BCUT2D eigenvalue weighted by Gasteiger charge is -2.33. The minimum atomic E-state index is -0.337. The molecule has 0 aromatic rings. The van der Waals surface area contributed by atoms with E-state index in [-0.39, 0.29) is 7.50 Å². The first-order chi connectivity index (χ1) is 5.63. The van der Waals surface area contributed by atoms with Crippen molar-refractivity contribution in [2.24, 2.45) is 0 Å². The van der Waals surface area contributed by atoms with E-state index >= 15 is 0 Å². The standard InChI is InChI=1S/C8H18NOPS/c1-7(2)9(8(3)4)11-10-5-6-12-11/h7-8H,5-6H2,1-4H3. The molecule has 0 radical (unpaired) electrons. The molecule has 0 N–H and O–H groups in total. The molecule has 72 valence electrons. The van der Waals surface area contributed by atoms with Crippen molar-refractivity contribution in [3.63, 3.8) is 0 Å². The molecule has 0 spiro atoms. The van der Waals surface area contributed by atoms with E-state index in [0.717, 1.165) is 6.61 Å². The summed E-state index contributed by atoms with van der Waals surface area (Å²) in [4.78, 5) is 0. The minimum Gasteiger partial charge on any atom is -0.334 e. The van der Waals surface area contributed by atoms with Crippen molar-refractivity contribution < 1.29 is 4.52 Å². The van der Waals surface area contributed by atoms with Gasteiger partial charge in [-0.15, -0.1) is 0 Å². The summed E-state index contributed by atoms with van der Waals surface area (Å²) in [6.07, 6.45) is 0. The van der Waals surface area contributed by atoms with Crippen LogP contribution in [0.4, 0.5) is 0 Å². The molecule has 0 aliphatic carbocycles. The first-order valence-electron chi connectivity index (χ1n) is 4.47. The molecule has 1 atom stereocenters. The zero-order valence-electron chi connectivity index (χ0n) is 8.28. The summed E-state index contributed by atoms with van der Waals surface area (Å²) < 4.78 is 8.17. The van der Waals surface area contributed by atoms with Gasteiger partial charge >= 0.3 is 0 Å². The highest BCUT2D eigenvalue weighted by Crippen LogP contribution is 2.59. The van der Waals surface area contributed by atoms with Gasteiger partial charge in [-0.1, -0.05) is 11.4 Å². The van der Waals surface area contributed by atoms with Crippen molar-refractivity contribution in [2.75, 3.05) is 12.4 Å². The first-order valence-corrected chi connectivity index (χ1v) is 7.27. The molecule has 1 aliphatic heterocycles. The fourth-order valence-electron chi connectivity index (χ4n) is 1.37. The van der Waals surface area contributed by atoms with Crippen LogP contribution < -0.4 is 0 Å². The summed E-state index contributed by atoms with van der Waals surface area (Å²) in [5.74, 6) is 1.17. The van der Waals surface area contributed by atoms with Crippen LogP contribution in [0, 0.1) is 0 Å². The second-order valence-corrected chi connectivity index (χ2v) is 7.05. The van der Waals surface area contributed by atoms with Crippen LogP contribution in [0.1, 0.15) is 27.7 Å². The molecule has 0 aromatic carbocycles. The van der Waals surface area contributed by atoms with E-state index < -0.39 is 0 Å². The highest BCUT2D eigenvalue weighted by Gasteiger charge is 2.28. The number of rotatable bonds is 3. The average molecular weight is 207 g/mol. The van der Waals surface area contributed by atoms with Crippen molar-refractivity contribution in [3.8, 4) is 0 Å². The number of nitrogens with zero attached hydrogens (tertiary/aromatic N) is 1. The lowest BCUT2D eigenvalue weighted by atomic mass is 10.3. The third kappa shape index (κ3) is 2.59. The predicted octanol–water partition coefficient (Wildman–Crippen LogP) is 3.10. The highest BCUT2D eigenvalue weighted by molar-refractivity contribution is 8.54. The van der Waals surface area contributed by atoms with Crippen LogP contribution in [0.15, 0.2) is 0 Å². The van der Waals surface area contributed by atoms with Crippen LogP contribution in [0.2, 0.25) is 0 Å². The Bertz CT molecular complexity index is 129. The van der Waals surface area contributed by atoms with Gasteiger partial charge in [0.05, 0.1) is 6.61 Å². The van der Waals surface area contributed by atoms with E-state index in [1.54, 1.807) is 0 Å². The zero-order valence-corrected chi connectivity index (χ0v) is 9.99. The third-order valence-electron chi connectivity index (χ3n) is 1.73. The summed E-state index contributed by atoms with van der Waals surface area (Å²) in [6, 6.07) is 1.20. The molecule has 1 heterocycles. The second-order valence-electron chi connectivity index (χ2n) is 3.47. The van der Waals surface area contributed by atoms with E-state index in [0.29, 0.717) is 12.1 Å². The lowest BCUT2D eigenvalue weighted by molar-refractivity contribution is 0.277. The maximum atomic E-state index is 5.69. The van der Waals surface area contributed by atoms with Crippen LogP contribution in [0.3, 0.4) is 0 Å². The molecule has 0 amide bonds. The Kier molecular flexibility index (Phi) is 4.31. The monoisotopic (exact) mass is 207 g/mol. The molecule has 1 saturated heterocycles. The molecule has 12 heavy (non-hydrogen) atoms. The van der Waals surface area contributed by atoms with Crippen molar-refractivity contribution in [3.05, 3.63) is 0 Å². The fourth-order valence-corrected chi connectivity index (χ4v) is 5.83. The van der Waals surface area contributed by atoms with Crippen LogP contribution in [0.25, 0.3) is 0 Å². The van der Waals surface area contributed by atoms with Gasteiger partial charge in [0.25, 0.3) is 0 Å². The number of hydrogen-bond donors (Lipinski definition) is 0. The summed E-state index contributed by atoms with van der Waals surface area (Å²) >= 11 is 1.98. The normalized spacial score (nSPS) is 24.8. The van der Waals surface area contributed by atoms with Gasteiger partial charge < -0.3 is 4.52 Å². The molecule has 4 heteroatoms. The van der Waals surface area contributed by atoms with Crippen LogP contribution >= 0.6 is 18.9 Å². The molecule has 1 unspecified atom stereocenters. The van der Waals surface area contributed by atoms with Crippen molar-refractivity contribution >= 4 is 18.9 Å². The van der Waals surface area contributed by atoms with Crippen LogP contribution in [-0.4, -0.2) is 29.1 Å². The molecular weight excluding hydrogens is 189 g/mol. The second kappa shape index (κ2) is 4.80. The van der Waals surface area contributed by atoms with Gasteiger partial charge in [-0.05, 0) is 27.7 Å². The fraction of sp³-hybridized carbons (Fsp3) is 1.00. The first kappa shape index (κ1) is 10.8. The summed E-state index contributed by atoms with van der Waals surface area (Å²) in [5, 5.41) is 0. The average Bonchev–Trinajstić information content (AvgIpc) is 2.37. The smallest absolute Gasteiger partial charge is 0.169 e. The summed E-state index contributed by atoms with van der Waals surface area (Å²) in [7, 11) is -0.337. The zero-order chi connectivity index (χ0) is 9.14. The van der Waals surface area contributed by atoms with E-state index in [2.05, 4.69) is 32.4 Å². The summed E-state index contributed by atoms with van der Waals surface area (Å²) in [6.45, 7) is 9.90. The van der Waals surface area contributed by atoms with Gasteiger partial charge in [0, 0.05) is 17.8 Å². The van der Waals surface area contributed by atoms with Gasteiger partial charge in [0.1, 0.15) is 0 Å². The van der Waals surface area contributed by atoms with Crippen molar-refractivity contribution in [2.45, 2.75) is 39.8 Å². The molecule has 0 saturated carbocycles. The molecule has 1 rings (SSSR count). The quantitative estimate of drug-likeness (QED) is 0.660. The van der Waals surface area contributed by atoms with Crippen molar-refractivity contribution in [1.29, 1.82) is 0 Å². The summed E-state index contributed by atoms with van der Waals surface area (Å²) in [5.41, 5.74) is 0. The Morgan fingerprint density at radius 1 is 1.25 bits per heavy atom. The Morgan fingerprint density at radius 3 is 2.17 bits per heavy atom. The molecule has 2 nitrogen and oxygen atoms in total. The van der Waals surface area contributed by atoms with E-state index in [1.165, 1.54) is 5.75 Å². The van der Waals surface area contributed by atoms with Crippen LogP contribution in [0.5, 0.6) is 0 Å². The molecule has 0 aromatic heterocycles. The Balaban J connectivity index is 2.52. The lowest BCUT2D eigenvalue weighted by Crippen LogP contribution is -2.31. The van der Waals surface area contributed by atoms with Crippen molar-refractivity contribution in [1.82, 2.24) is 4.67 Å². The van der Waals surface area contributed by atoms with Gasteiger partial charge in [-0.3, -0.25) is 0 Å². The van der Waals surface area contributed by atoms with E-state index in [4.69, 9.17) is 4.52 Å². The van der Waals surface area contributed by atoms with Crippen LogP contribution in [-0.2, 0) is 4.52 Å².